The van der Waals surface area contributed by atoms with Gasteiger partial charge in [0.1, 0.15) is 0 Å². The molecule has 1 aliphatic carbocycles. The lowest BCUT2D eigenvalue weighted by molar-refractivity contribution is -0.121. The van der Waals surface area contributed by atoms with E-state index in [0.29, 0.717) is 18.5 Å². The van der Waals surface area contributed by atoms with Crippen LogP contribution >= 0.6 is 0 Å². The molecule has 1 fully saturated rings. The SMILES string of the molecule is CNC(=O)CCN(C)C1CCC(NC)CC1. The maximum atomic E-state index is 11.1. The maximum absolute atomic E-state index is 11.1. The van der Waals surface area contributed by atoms with Crippen LogP contribution in [-0.2, 0) is 4.79 Å². The standard InChI is InChI=1S/C12H25N3O/c1-13-10-4-6-11(7-5-10)15(3)9-8-12(16)14-2/h10-11,13H,4-9H2,1-3H3,(H,14,16). The first-order valence-electron chi connectivity index (χ1n) is 6.25. The van der Waals surface area contributed by atoms with Crippen LogP contribution in [0.25, 0.3) is 0 Å². The molecule has 0 atom stereocenters. The Morgan fingerprint density at radius 1 is 1.25 bits per heavy atom. The zero-order valence-corrected chi connectivity index (χ0v) is 10.8. The second kappa shape index (κ2) is 6.86. The van der Waals surface area contributed by atoms with Gasteiger partial charge in [-0.2, -0.15) is 0 Å². The lowest BCUT2D eigenvalue weighted by Gasteiger charge is -2.34. The van der Waals surface area contributed by atoms with Crippen LogP contribution in [0.15, 0.2) is 0 Å². The summed E-state index contributed by atoms with van der Waals surface area (Å²) in [5.74, 6) is 0.135. The summed E-state index contributed by atoms with van der Waals surface area (Å²) in [6.07, 6.45) is 5.61. The highest BCUT2D eigenvalue weighted by Gasteiger charge is 2.22. The van der Waals surface area contributed by atoms with Gasteiger partial charge in [-0.15, -0.1) is 0 Å². The summed E-state index contributed by atoms with van der Waals surface area (Å²) in [6, 6.07) is 1.36. The van der Waals surface area contributed by atoms with Gasteiger partial charge in [-0.3, -0.25) is 4.79 Å². The van der Waals surface area contributed by atoms with Crippen LogP contribution in [0.2, 0.25) is 0 Å². The molecule has 4 heteroatoms. The van der Waals surface area contributed by atoms with E-state index in [9.17, 15) is 4.79 Å². The number of nitrogens with one attached hydrogen (secondary N) is 2. The predicted octanol–water partition coefficient (Wildman–Crippen LogP) is 0.585. The topological polar surface area (TPSA) is 44.4 Å². The average Bonchev–Trinajstić information content (AvgIpc) is 2.35. The van der Waals surface area contributed by atoms with Gasteiger partial charge < -0.3 is 15.5 Å². The Morgan fingerprint density at radius 2 is 1.88 bits per heavy atom. The monoisotopic (exact) mass is 227 g/mol. The first kappa shape index (κ1) is 13.5. The smallest absolute Gasteiger partial charge is 0.221 e. The summed E-state index contributed by atoms with van der Waals surface area (Å²) >= 11 is 0. The van der Waals surface area contributed by atoms with E-state index in [2.05, 4.69) is 22.6 Å². The van der Waals surface area contributed by atoms with Crippen molar-refractivity contribution in [2.45, 2.75) is 44.2 Å². The Hall–Kier alpha value is -0.610. The summed E-state index contributed by atoms with van der Waals surface area (Å²) in [5, 5.41) is 6.00. The van der Waals surface area contributed by atoms with E-state index in [1.165, 1.54) is 25.7 Å². The number of carbonyl (C=O) groups excluding carboxylic acids is 1. The second-order valence-electron chi connectivity index (χ2n) is 4.70. The Kier molecular flexibility index (Phi) is 5.77. The summed E-state index contributed by atoms with van der Waals surface area (Å²) in [6.45, 7) is 0.870. The van der Waals surface area contributed by atoms with E-state index in [4.69, 9.17) is 0 Å². The molecule has 0 unspecified atom stereocenters. The number of hydrogen-bond donors (Lipinski definition) is 2. The van der Waals surface area contributed by atoms with Gasteiger partial charge in [0.25, 0.3) is 0 Å². The molecule has 1 saturated carbocycles. The van der Waals surface area contributed by atoms with Gasteiger partial charge in [0, 0.05) is 32.1 Å². The molecule has 0 radical (unpaired) electrons. The number of hydrogen-bond acceptors (Lipinski definition) is 3. The van der Waals surface area contributed by atoms with E-state index < -0.39 is 0 Å². The van der Waals surface area contributed by atoms with Gasteiger partial charge in [0.05, 0.1) is 0 Å². The normalized spacial score (nSPS) is 25.8. The van der Waals surface area contributed by atoms with Gasteiger partial charge in [0.2, 0.25) is 5.91 Å². The fourth-order valence-electron chi connectivity index (χ4n) is 2.39. The van der Waals surface area contributed by atoms with Gasteiger partial charge in [-0.1, -0.05) is 0 Å². The fraction of sp³-hybridized carbons (Fsp3) is 0.917. The van der Waals surface area contributed by atoms with Gasteiger partial charge in [-0.05, 0) is 39.8 Å². The molecule has 0 saturated heterocycles. The molecule has 94 valence electrons. The summed E-state index contributed by atoms with van der Waals surface area (Å²) in [7, 11) is 5.87. The molecule has 1 aliphatic rings. The molecule has 0 aromatic carbocycles. The third-order valence-corrected chi connectivity index (χ3v) is 3.70. The van der Waals surface area contributed by atoms with Crippen molar-refractivity contribution in [2.75, 3.05) is 27.7 Å². The van der Waals surface area contributed by atoms with E-state index in [-0.39, 0.29) is 5.91 Å². The van der Waals surface area contributed by atoms with Crippen molar-refractivity contribution in [1.82, 2.24) is 15.5 Å². The molecule has 1 amide bonds. The molecule has 16 heavy (non-hydrogen) atoms. The number of rotatable bonds is 5. The van der Waals surface area contributed by atoms with Gasteiger partial charge in [0.15, 0.2) is 0 Å². The van der Waals surface area contributed by atoms with E-state index in [1.807, 2.05) is 7.05 Å². The lowest BCUT2D eigenvalue weighted by atomic mass is 9.90. The average molecular weight is 227 g/mol. The Balaban J connectivity index is 2.22. The first-order valence-corrected chi connectivity index (χ1v) is 6.25. The van der Waals surface area contributed by atoms with Crippen molar-refractivity contribution in [3.05, 3.63) is 0 Å². The quantitative estimate of drug-likeness (QED) is 0.722. The molecule has 4 nitrogen and oxygen atoms in total. The van der Waals surface area contributed by atoms with Crippen LogP contribution in [0.1, 0.15) is 32.1 Å². The molecular weight excluding hydrogens is 202 g/mol. The molecule has 1 rings (SSSR count). The maximum Gasteiger partial charge on any atom is 0.221 e. The minimum Gasteiger partial charge on any atom is -0.359 e. The largest absolute Gasteiger partial charge is 0.359 e. The number of nitrogens with zero attached hydrogens (tertiary/aromatic N) is 1. The minimum atomic E-state index is 0.135. The van der Waals surface area contributed by atoms with Crippen LogP contribution in [0.5, 0.6) is 0 Å². The van der Waals surface area contributed by atoms with Gasteiger partial charge in [-0.25, -0.2) is 0 Å². The Bertz CT molecular complexity index is 212. The Morgan fingerprint density at radius 3 is 2.38 bits per heavy atom. The van der Waals surface area contributed by atoms with Crippen molar-refractivity contribution in [3.63, 3.8) is 0 Å². The zero-order chi connectivity index (χ0) is 12.0. The van der Waals surface area contributed by atoms with E-state index in [0.717, 1.165) is 6.54 Å². The number of amides is 1. The van der Waals surface area contributed by atoms with Crippen LogP contribution in [0, 0.1) is 0 Å². The third kappa shape index (κ3) is 4.10. The van der Waals surface area contributed by atoms with Crippen molar-refractivity contribution in [3.8, 4) is 0 Å². The molecular formula is C12H25N3O. The highest BCUT2D eigenvalue weighted by atomic mass is 16.1. The molecule has 2 N–H and O–H groups in total. The molecule has 0 aromatic heterocycles. The summed E-state index contributed by atoms with van der Waals surface area (Å²) in [5.41, 5.74) is 0. The minimum absolute atomic E-state index is 0.135. The van der Waals surface area contributed by atoms with E-state index >= 15 is 0 Å². The second-order valence-corrected chi connectivity index (χ2v) is 4.70. The van der Waals surface area contributed by atoms with Crippen molar-refractivity contribution in [2.24, 2.45) is 0 Å². The van der Waals surface area contributed by atoms with Crippen LogP contribution < -0.4 is 10.6 Å². The van der Waals surface area contributed by atoms with Gasteiger partial charge >= 0.3 is 0 Å². The highest BCUT2D eigenvalue weighted by molar-refractivity contribution is 5.75. The highest BCUT2D eigenvalue weighted by Crippen LogP contribution is 2.22. The molecule has 0 aliphatic heterocycles. The molecule has 0 heterocycles. The first-order chi connectivity index (χ1) is 7.67. The van der Waals surface area contributed by atoms with Crippen molar-refractivity contribution >= 4 is 5.91 Å². The van der Waals surface area contributed by atoms with Crippen molar-refractivity contribution in [1.29, 1.82) is 0 Å². The summed E-state index contributed by atoms with van der Waals surface area (Å²) in [4.78, 5) is 13.5. The third-order valence-electron chi connectivity index (χ3n) is 3.70. The molecule has 0 aromatic rings. The van der Waals surface area contributed by atoms with Crippen LogP contribution in [0.4, 0.5) is 0 Å². The Labute approximate surface area is 98.8 Å². The zero-order valence-electron chi connectivity index (χ0n) is 10.8. The van der Waals surface area contributed by atoms with E-state index in [1.54, 1.807) is 7.05 Å². The van der Waals surface area contributed by atoms with Crippen LogP contribution in [-0.4, -0.2) is 50.6 Å². The lowest BCUT2D eigenvalue weighted by Crippen LogP contribution is -2.41. The number of carbonyl (C=O) groups is 1. The van der Waals surface area contributed by atoms with Crippen LogP contribution in [0.3, 0.4) is 0 Å². The summed E-state index contributed by atoms with van der Waals surface area (Å²) < 4.78 is 0. The molecule has 0 spiro atoms. The molecule has 0 bridgehead atoms. The van der Waals surface area contributed by atoms with Crippen molar-refractivity contribution < 1.29 is 4.79 Å². The predicted molar refractivity (Wildman–Crippen MR) is 66.4 cm³/mol. The fourth-order valence-corrected chi connectivity index (χ4v) is 2.39.